The van der Waals surface area contributed by atoms with Gasteiger partial charge in [0.15, 0.2) is 6.04 Å². The number of amides is 4. The van der Waals surface area contributed by atoms with Crippen molar-refractivity contribution < 1.29 is 42.9 Å². The van der Waals surface area contributed by atoms with Crippen LogP contribution in [0.2, 0.25) is 0 Å². The lowest BCUT2D eigenvalue weighted by atomic mass is 9.98. The van der Waals surface area contributed by atoms with E-state index in [-0.39, 0.29) is 58.3 Å². The van der Waals surface area contributed by atoms with Crippen LogP contribution in [0, 0.1) is 0 Å². The molecule has 3 aliphatic rings. The zero-order chi connectivity index (χ0) is 39.7. The van der Waals surface area contributed by atoms with E-state index in [1.165, 1.54) is 6.08 Å². The smallest absolute Gasteiger partial charge is 0.429 e. The first kappa shape index (κ1) is 38.6. The molecule has 0 aromatic heterocycles. The summed E-state index contributed by atoms with van der Waals surface area (Å²) >= 11 is 0. The summed E-state index contributed by atoms with van der Waals surface area (Å²) in [5.74, 6) is -1.85. The van der Waals surface area contributed by atoms with Crippen LogP contribution in [0.1, 0.15) is 53.9 Å². The molecule has 2 atom stereocenters. The SMILES string of the molecule is C=CCOC(=O)[C@H]1CCCN(C(=O)OCc2ccccc2)N1C(=O)[C@@H]1CCCN(C(=O)OCc2ccccc2)N1C(=O)OCC1c2ccccc2-c2ccccc21. The molecule has 0 bridgehead atoms. The molecule has 0 unspecified atom stereocenters. The topological polar surface area (TPSA) is 135 Å². The quantitative estimate of drug-likeness (QED) is 0.0930. The van der Waals surface area contributed by atoms with Crippen LogP contribution >= 0.6 is 0 Å². The lowest BCUT2D eigenvalue weighted by Gasteiger charge is -2.47. The number of benzene rings is 4. The van der Waals surface area contributed by atoms with Crippen LogP contribution in [0.3, 0.4) is 0 Å². The zero-order valence-corrected chi connectivity index (χ0v) is 31.4. The first-order valence-corrected chi connectivity index (χ1v) is 19.1. The number of fused-ring (bicyclic) bond motifs is 3. The summed E-state index contributed by atoms with van der Waals surface area (Å²) in [6.07, 6.45) is -0.391. The van der Waals surface area contributed by atoms with Crippen molar-refractivity contribution in [1.29, 1.82) is 0 Å². The van der Waals surface area contributed by atoms with E-state index in [0.717, 1.165) is 53.4 Å². The molecule has 1 aliphatic carbocycles. The van der Waals surface area contributed by atoms with Crippen LogP contribution in [-0.2, 0) is 41.8 Å². The molecule has 2 saturated heterocycles. The van der Waals surface area contributed by atoms with Crippen LogP contribution < -0.4 is 0 Å². The highest BCUT2D eigenvalue weighted by Crippen LogP contribution is 2.44. The van der Waals surface area contributed by atoms with Crippen molar-refractivity contribution in [3.63, 3.8) is 0 Å². The highest BCUT2D eigenvalue weighted by Gasteiger charge is 2.49. The molecule has 13 heteroatoms. The fourth-order valence-electron chi connectivity index (χ4n) is 7.61. The van der Waals surface area contributed by atoms with Gasteiger partial charge in [-0.05, 0) is 59.1 Å². The highest BCUT2D eigenvalue weighted by molar-refractivity contribution is 5.92. The Morgan fingerprint density at radius 3 is 1.61 bits per heavy atom. The van der Waals surface area contributed by atoms with Crippen molar-refractivity contribution >= 4 is 30.2 Å². The minimum absolute atomic E-state index is 0.0369. The molecular formula is C44H44N4O9. The Morgan fingerprint density at radius 1 is 0.579 bits per heavy atom. The third-order valence-electron chi connectivity index (χ3n) is 10.3. The number of hydrogen-bond donors (Lipinski definition) is 0. The van der Waals surface area contributed by atoms with Crippen LogP contribution in [0.5, 0.6) is 0 Å². The van der Waals surface area contributed by atoms with Gasteiger partial charge >= 0.3 is 24.2 Å². The molecule has 0 spiro atoms. The maximum atomic E-state index is 15.0. The molecule has 2 heterocycles. The van der Waals surface area contributed by atoms with Crippen LogP contribution in [0.25, 0.3) is 11.1 Å². The van der Waals surface area contributed by atoms with Crippen molar-refractivity contribution in [3.05, 3.63) is 144 Å². The Kier molecular flexibility index (Phi) is 12.1. The van der Waals surface area contributed by atoms with Gasteiger partial charge in [0.1, 0.15) is 32.5 Å². The zero-order valence-electron chi connectivity index (χ0n) is 31.4. The molecule has 7 rings (SSSR count). The fraction of sp³-hybridized carbons (Fsp3) is 0.295. The summed E-state index contributed by atoms with van der Waals surface area (Å²) in [5.41, 5.74) is 5.48. The van der Waals surface area contributed by atoms with E-state index in [0.29, 0.717) is 12.8 Å². The van der Waals surface area contributed by atoms with Gasteiger partial charge in [-0.15, -0.1) is 0 Å². The second-order valence-corrected chi connectivity index (χ2v) is 13.9. The average molecular weight is 773 g/mol. The van der Waals surface area contributed by atoms with Gasteiger partial charge in [0, 0.05) is 19.0 Å². The van der Waals surface area contributed by atoms with E-state index in [4.69, 9.17) is 18.9 Å². The van der Waals surface area contributed by atoms with Gasteiger partial charge in [-0.1, -0.05) is 122 Å². The van der Waals surface area contributed by atoms with Crippen molar-refractivity contribution in [2.45, 2.75) is 56.9 Å². The van der Waals surface area contributed by atoms with Crippen molar-refractivity contribution in [3.8, 4) is 11.1 Å². The highest BCUT2D eigenvalue weighted by atomic mass is 16.6. The van der Waals surface area contributed by atoms with Gasteiger partial charge in [0.05, 0.1) is 0 Å². The maximum absolute atomic E-state index is 15.0. The predicted octanol–water partition coefficient (Wildman–Crippen LogP) is 7.23. The van der Waals surface area contributed by atoms with Crippen LogP contribution in [-0.4, -0.2) is 88.6 Å². The van der Waals surface area contributed by atoms with Crippen LogP contribution in [0.15, 0.2) is 122 Å². The normalized spacial score (nSPS) is 17.5. The van der Waals surface area contributed by atoms with Gasteiger partial charge in [0.2, 0.25) is 0 Å². The number of hydrogen-bond acceptors (Lipinski definition) is 9. The molecule has 13 nitrogen and oxygen atoms in total. The van der Waals surface area contributed by atoms with Crippen molar-refractivity contribution in [2.24, 2.45) is 0 Å². The number of carbonyl (C=O) groups is 5. The molecule has 294 valence electrons. The molecule has 0 N–H and O–H groups in total. The second-order valence-electron chi connectivity index (χ2n) is 13.9. The average Bonchev–Trinajstić information content (AvgIpc) is 3.58. The molecular weight excluding hydrogens is 729 g/mol. The summed E-state index contributed by atoms with van der Waals surface area (Å²) in [7, 11) is 0. The molecule has 57 heavy (non-hydrogen) atoms. The molecule has 4 aromatic rings. The summed E-state index contributed by atoms with van der Waals surface area (Å²) < 4.78 is 22.7. The van der Waals surface area contributed by atoms with E-state index in [2.05, 4.69) is 6.58 Å². The van der Waals surface area contributed by atoms with Gasteiger partial charge in [-0.3, -0.25) is 4.79 Å². The number of carbonyl (C=O) groups excluding carboxylic acids is 5. The standard InChI is InChI=1S/C44H44N4O9/c1-2-27-54-41(50)39-24-14-25-45(42(51)55-28-31-15-5-3-6-16-31)47(39)40(49)38-23-13-26-46(43(52)56-29-32-17-7-4-8-18-32)48(38)44(53)57-30-37-35-21-11-9-19-33(35)34-20-10-12-22-36(34)37/h2-12,15-22,37-39H,1,13-14,23-30H2/t38-,39+/m0/s1. The monoisotopic (exact) mass is 772 g/mol. The largest absolute Gasteiger partial charge is 0.460 e. The van der Waals surface area contributed by atoms with Gasteiger partial charge < -0.3 is 18.9 Å². The van der Waals surface area contributed by atoms with Gasteiger partial charge in [0.25, 0.3) is 5.91 Å². The lowest BCUT2D eigenvalue weighted by molar-refractivity contribution is -0.181. The van der Waals surface area contributed by atoms with Gasteiger partial charge in [-0.25, -0.2) is 39.2 Å². The minimum Gasteiger partial charge on any atom is -0.460 e. The van der Waals surface area contributed by atoms with E-state index in [1.54, 1.807) is 24.3 Å². The lowest BCUT2D eigenvalue weighted by Crippen LogP contribution is -2.68. The van der Waals surface area contributed by atoms with Crippen molar-refractivity contribution in [2.75, 3.05) is 26.3 Å². The molecule has 2 fully saturated rings. The van der Waals surface area contributed by atoms with Crippen molar-refractivity contribution in [1.82, 2.24) is 20.0 Å². The molecule has 4 aromatic carbocycles. The van der Waals surface area contributed by atoms with E-state index >= 15 is 4.79 Å². The number of esters is 1. The van der Waals surface area contributed by atoms with E-state index in [1.807, 2.05) is 84.9 Å². The number of hydrazine groups is 2. The number of ether oxygens (including phenoxy) is 4. The number of rotatable bonds is 10. The third kappa shape index (κ3) is 8.47. The van der Waals surface area contributed by atoms with Gasteiger partial charge in [-0.2, -0.15) is 0 Å². The molecule has 4 amide bonds. The summed E-state index contributed by atoms with van der Waals surface area (Å²) in [6, 6.07) is 31.3. The second kappa shape index (κ2) is 17.9. The third-order valence-corrected chi connectivity index (χ3v) is 10.3. The Balaban J connectivity index is 1.19. The van der Waals surface area contributed by atoms with Crippen LogP contribution in [0.4, 0.5) is 14.4 Å². The molecule has 2 aliphatic heterocycles. The Labute approximate surface area is 330 Å². The maximum Gasteiger partial charge on any atom is 0.429 e. The predicted molar refractivity (Wildman–Crippen MR) is 208 cm³/mol. The minimum atomic E-state index is -1.38. The first-order valence-electron chi connectivity index (χ1n) is 19.1. The Hall–Kier alpha value is -6.63. The Morgan fingerprint density at radius 2 is 1.07 bits per heavy atom. The van der Waals surface area contributed by atoms with E-state index in [9.17, 15) is 19.2 Å². The Bertz CT molecular complexity index is 2050. The number of nitrogens with zero attached hydrogens (tertiary/aromatic N) is 4. The summed E-state index contributed by atoms with van der Waals surface area (Å²) in [6.45, 7) is 3.32. The van der Waals surface area contributed by atoms with E-state index < -0.39 is 42.2 Å². The molecule has 0 saturated carbocycles. The summed E-state index contributed by atoms with van der Waals surface area (Å²) in [5, 5.41) is 4.15. The molecule has 0 radical (unpaired) electrons. The first-order chi connectivity index (χ1) is 27.9. The fourth-order valence-corrected chi connectivity index (χ4v) is 7.61. The summed E-state index contributed by atoms with van der Waals surface area (Å²) in [4.78, 5) is 70.6.